The highest BCUT2D eigenvalue weighted by Crippen LogP contribution is 2.52. The van der Waals surface area contributed by atoms with Crippen molar-refractivity contribution in [1.29, 1.82) is 0 Å². The van der Waals surface area contributed by atoms with E-state index >= 15 is 0 Å². The minimum Gasteiger partial charge on any atom is -0.348 e. The highest BCUT2D eigenvalue weighted by molar-refractivity contribution is 7.89. The van der Waals surface area contributed by atoms with Crippen molar-refractivity contribution in [3.8, 4) is 0 Å². The second-order valence-corrected chi connectivity index (χ2v) is 26.0. The molecule has 75 heavy (non-hydrogen) atoms. The van der Waals surface area contributed by atoms with Gasteiger partial charge in [0, 0.05) is 70.1 Å². The fraction of sp³-hybridized carbons (Fsp3) is 0.220. The van der Waals surface area contributed by atoms with Crippen molar-refractivity contribution in [2.24, 2.45) is 5.14 Å². The summed E-state index contributed by atoms with van der Waals surface area (Å²) in [6.07, 6.45) is 8.46. The van der Waals surface area contributed by atoms with Gasteiger partial charge >= 0.3 is 0 Å². The molecule has 6 aromatic rings. The van der Waals surface area contributed by atoms with Crippen LogP contribution < -0.4 is 15.4 Å². The summed E-state index contributed by atoms with van der Waals surface area (Å²) in [7, 11) is -23.9. The number of rotatable bonds is 14. The van der Waals surface area contributed by atoms with Gasteiger partial charge in [0.2, 0.25) is 15.7 Å². The minimum absolute atomic E-state index is 0.00958. The van der Waals surface area contributed by atoms with Crippen LogP contribution in [0.5, 0.6) is 0 Å². The van der Waals surface area contributed by atoms with Crippen LogP contribution in [-0.4, -0.2) is 94.6 Å². The summed E-state index contributed by atoms with van der Waals surface area (Å²) in [6.45, 7) is 11.8. The number of nitrogens with zero attached hydrogens (tertiary/aromatic N) is 3. The Morgan fingerprint density at radius 3 is 1.73 bits per heavy atom. The second-order valence-electron chi connectivity index (χ2n) is 18.8. The van der Waals surface area contributed by atoms with Crippen molar-refractivity contribution in [2.45, 2.75) is 83.4 Å². The van der Waals surface area contributed by atoms with Crippen molar-refractivity contribution < 1.29 is 69.7 Å². The molecule has 0 saturated carbocycles. The van der Waals surface area contributed by atoms with Gasteiger partial charge in [-0.3, -0.25) is 28.0 Å². The lowest BCUT2D eigenvalue weighted by atomic mass is 9.79. The van der Waals surface area contributed by atoms with E-state index in [0.29, 0.717) is 76.0 Å². The summed E-state index contributed by atoms with van der Waals surface area (Å²) in [5, 5.41) is 8.28. The molecule has 1 aromatic heterocycles. The first-order valence-corrected chi connectivity index (χ1v) is 30.0. The minimum atomic E-state index is -5.00. The zero-order valence-corrected chi connectivity index (χ0v) is 44.9. The number of hydrogen-bond acceptors (Lipinski definition) is 13. The molecule has 0 saturated heterocycles. The van der Waals surface area contributed by atoms with Crippen LogP contribution in [0.4, 0.5) is 11.4 Å². The van der Waals surface area contributed by atoms with Crippen LogP contribution in [0.15, 0.2) is 146 Å². The maximum absolute atomic E-state index is 13.4. The van der Waals surface area contributed by atoms with Crippen LogP contribution >= 0.6 is 0 Å². The molecule has 5 aromatic carbocycles. The average molecular weight is 1120 g/mol. The molecule has 0 atom stereocenters. The molecule has 25 heteroatoms. The van der Waals surface area contributed by atoms with Crippen LogP contribution in [0.1, 0.15) is 74.3 Å². The number of carbonyl (C=O) groups excluding carboxylic acids is 1. The van der Waals surface area contributed by atoms with Gasteiger partial charge in [0.25, 0.3) is 46.4 Å². The number of nitrogens with two attached hydrogens (primary N) is 1. The summed E-state index contributed by atoms with van der Waals surface area (Å²) < 4.78 is 167. The first kappa shape index (κ1) is 54.7. The van der Waals surface area contributed by atoms with Gasteiger partial charge in [0.15, 0.2) is 5.71 Å². The molecule has 0 spiro atoms. The van der Waals surface area contributed by atoms with Gasteiger partial charge in [-0.2, -0.15) is 38.2 Å². The molecular formula is C50H50N5O15S5+. The Kier molecular flexibility index (Phi) is 13.8. The zero-order valence-electron chi connectivity index (χ0n) is 40.8. The molecular weight excluding hydrogens is 1070 g/mol. The molecule has 0 aliphatic carbocycles. The first-order valence-electron chi connectivity index (χ1n) is 22.7. The van der Waals surface area contributed by atoms with E-state index in [1.807, 2.05) is 51.0 Å². The van der Waals surface area contributed by atoms with Crippen LogP contribution in [0.2, 0.25) is 0 Å². The summed E-state index contributed by atoms with van der Waals surface area (Å²) in [6, 6.07) is 18.7. The molecule has 1 amide bonds. The van der Waals surface area contributed by atoms with Crippen molar-refractivity contribution in [3.63, 3.8) is 0 Å². The van der Waals surface area contributed by atoms with E-state index in [1.54, 1.807) is 48.6 Å². The number of benzene rings is 5. The van der Waals surface area contributed by atoms with E-state index in [-0.39, 0.29) is 38.5 Å². The second kappa shape index (κ2) is 18.9. The molecule has 2 aliphatic heterocycles. The van der Waals surface area contributed by atoms with Gasteiger partial charge in [-0.25, -0.2) is 13.6 Å². The van der Waals surface area contributed by atoms with Gasteiger partial charge in [-0.15, -0.1) is 0 Å². The molecule has 0 radical (unpaired) electrons. The quantitative estimate of drug-likeness (QED) is 0.0376. The molecule has 2 aliphatic rings. The number of anilines is 1. The third kappa shape index (κ3) is 10.2. The number of nitrogens with one attached hydrogen (secondary N) is 1. The topological polar surface area (TPSA) is 326 Å². The Morgan fingerprint density at radius 1 is 0.680 bits per heavy atom. The SMILES string of the molecule is CCN1C(=CC=C(C=CC2=[N+](CC)c3ccc4c(S(=O)(=O)O)cc(S(=O)(=O)O)cc4c3C2(C)C)c2ccc(C(=O)NCc3ccc(S(N)(=O)=O)cc3)cn2)C(C)(C)c2c1ccc1c(S(=O)(=O)O)cc(S(=O)(=O)O)cc21. The number of primary sulfonamides is 1. The van der Waals surface area contributed by atoms with E-state index < -0.39 is 86.8 Å². The predicted molar refractivity (Wildman–Crippen MR) is 280 cm³/mol. The smallest absolute Gasteiger partial charge is 0.295 e. The number of carbonyl (C=O) groups is 1. The van der Waals surface area contributed by atoms with E-state index in [0.717, 1.165) is 12.1 Å². The lowest BCUT2D eigenvalue weighted by Crippen LogP contribution is -2.28. The average Bonchev–Trinajstić information content (AvgIpc) is 3.69. The Balaban J connectivity index is 1.27. The Hall–Kier alpha value is -6.52. The summed E-state index contributed by atoms with van der Waals surface area (Å²) in [5.74, 6) is -0.500. The lowest BCUT2D eigenvalue weighted by molar-refractivity contribution is -0.433. The van der Waals surface area contributed by atoms with Gasteiger partial charge in [-0.05, 0) is 122 Å². The Morgan fingerprint density at radius 2 is 1.24 bits per heavy atom. The largest absolute Gasteiger partial charge is 0.348 e. The van der Waals surface area contributed by atoms with E-state index in [1.165, 1.54) is 42.6 Å². The van der Waals surface area contributed by atoms with Gasteiger partial charge < -0.3 is 10.2 Å². The van der Waals surface area contributed by atoms with E-state index in [9.17, 15) is 65.1 Å². The highest BCUT2D eigenvalue weighted by atomic mass is 32.2. The van der Waals surface area contributed by atoms with Crippen LogP contribution in [0, 0.1) is 0 Å². The molecule has 3 heterocycles. The standard InChI is InChI=1S/C50H49N5O15S5/c1-7-54-40-19-16-35-37(23-33(72(59,60)61)25-42(35)74(65,66)67)46(40)49(3,4)44(54)21-12-30(39-18-11-31(28-52-39)48(56)53-27-29-9-14-32(15-10-29)71(51,57)58)13-22-45-50(5,6)47-38-24-34(73(62,63)64)26-43(75(68,69)70)36(38)17-20-41(47)55(45)8-2/h9-26,28H,7-8,27H2,1-6H3,(H6-,51,53,56,57,58,59,60,61,62,63,64,65,66,67,68,69,70)/p+1. The molecule has 0 fully saturated rings. The summed E-state index contributed by atoms with van der Waals surface area (Å²) >= 11 is 0. The van der Waals surface area contributed by atoms with Gasteiger partial charge in [0.05, 0.1) is 31.4 Å². The first-order chi connectivity index (χ1) is 34.7. The van der Waals surface area contributed by atoms with Gasteiger partial charge in [-0.1, -0.05) is 38.1 Å². The van der Waals surface area contributed by atoms with E-state index in [4.69, 9.17) is 5.14 Å². The zero-order chi connectivity index (χ0) is 55.2. The molecule has 394 valence electrons. The summed E-state index contributed by atoms with van der Waals surface area (Å²) in [4.78, 5) is 17.0. The number of aromatic nitrogens is 1. The predicted octanol–water partition coefficient (Wildman–Crippen LogP) is 6.69. The van der Waals surface area contributed by atoms with E-state index in [2.05, 4.69) is 10.3 Å². The molecule has 8 rings (SSSR count). The number of fused-ring (bicyclic) bond motifs is 6. The summed E-state index contributed by atoms with van der Waals surface area (Å²) in [5.41, 5.74) is 2.96. The van der Waals surface area contributed by atoms with Crippen LogP contribution in [-0.2, 0) is 67.9 Å². The third-order valence-electron chi connectivity index (χ3n) is 13.4. The maximum Gasteiger partial charge on any atom is 0.295 e. The fourth-order valence-corrected chi connectivity index (χ4v) is 13.2. The number of pyridine rings is 1. The van der Waals surface area contributed by atoms with Crippen molar-refractivity contribution in [2.75, 3.05) is 18.0 Å². The molecule has 20 nitrogen and oxygen atoms in total. The Bertz CT molecular complexity index is 4170. The molecule has 0 unspecified atom stereocenters. The highest BCUT2D eigenvalue weighted by Gasteiger charge is 2.46. The van der Waals surface area contributed by atoms with Crippen LogP contribution in [0.3, 0.4) is 0 Å². The normalized spacial score (nSPS) is 16.6. The number of hydrogen-bond donors (Lipinski definition) is 6. The Labute approximate surface area is 433 Å². The number of likely N-dealkylation sites (N-methyl/N-ethyl adjacent to an activating group) is 1. The molecule has 0 bridgehead atoms. The van der Waals surface area contributed by atoms with Gasteiger partial charge in [0.1, 0.15) is 16.3 Å². The van der Waals surface area contributed by atoms with Crippen molar-refractivity contribution in [1.82, 2.24) is 10.3 Å². The lowest BCUT2D eigenvalue weighted by Gasteiger charge is -2.26. The maximum atomic E-state index is 13.4. The number of allylic oxidation sites excluding steroid dienone is 6. The molecule has 7 N–H and O–H groups in total. The van der Waals surface area contributed by atoms with Crippen molar-refractivity contribution in [3.05, 3.63) is 149 Å². The number of amides is 1. The fourth-order valence-electron chi connectivity index (χ4n) is 10.0. The third-order valence-corrected chi connectivity index (χ3v) is 17.8. The van der Waals surface area contributed by atoms with Crippen LogP contribution in [0.25, 0.3) is 27.1 Å². The number of sulfonamides is 1. The van der Waals surface area contributed by atoms with Crippen molar-refractivity contribution >= 4 is 101 Å². The monoisotopic (exact) mass is 1120 g/mol.